The normalized spacial score (nSPS) is 10.0. The molecule has 0 aliphatic carbocycles. The lowest BCUT2D eigenvalue weighted by Gasteiger charge is -2.00. The summed E-state index contributed by atoms with van der Waals surface area (Å²) in [7, 11) is 0. The number of carbonyl (C=O) groups is 1. The van der Waals surface area contributed by atoms with Gasteiger partial charge in [0, 0.05) is 11.1 Å². The zero-order valence-electron chi connectivity index (χ0n) is 13.6. The van der Waals surface area contributed by atoms with E-state index in [-0.39, 0.29) is 5.78 Å². The first-order chi connectivity index (χ1) is 9.62. The van der Waals surface area contributed by atoms with Crippen LogP contribution in [0.5, 0.6) is 0 Å². The molecule has 112 valence electrons. The maximum atomic E-state index is 11.7. The summed E-state index contributed by atoms with van der Waals surface area (Å²) in [5.74, 6) is -0.130. The Labute approximate surface area is 125 Å². The van der Waals surface area contributed by atoms with Crippen LogP contribution in [0.2, 0.25) is 0 Å². The minimum atomic E-state index is -0.130. The predicted octanol–water partition coefficient (Wildman–Crippen LogP) is 5.98. The zero-order chi connectivity index (χ0) is 16.4. The fraction of sp³-hybridized carbons (Fsp3) is 0.316. The summed E-state index contributed by atoms with van der Waals surface area (Å²) in [4.78, 5) is 11.7. The lowest BCUT2D eigenvalue weighted by molar-refractivity contribution is -0.111. The topological polar surface area (TPSA) is 17.1 Å². The van der Waals surface area contributed by atoms with Crippen molar-refractivity contribution in [2.75, 3.05) is 0 Å². The van der Waals surface area contributed by atoms with Gasteiger partial charge in [-0.3, -0.25) is 4.79 Å². The molecule has 1 heteroatoms. The zero-order valence-corrected chi connectivity index (χ0v) is 13.6. The molecule has 0 saturated heterocycles. The van der Waals surface area contributed by atoms with Gasteiger partial charge in [-0.1, -0.05) is 103 Å². The first-order valence-electron chi connectivity index (χ1n) is 7.07. The van der Waals surface area contributed by atoms with Crippen LogP contribution in [0.4, 0.5) is 0 Å². The van der Waals surface area contributed by atoms with Crippen molar-refractivity contribution in [3.63, 3.8) is 0 Å². The van der Waals surface area contributed by atoms with E-state index in [1.807, 2.05) is 13.8 Å². The number of carbonyl (C=O) groups excluding carboxylic acids is 1. The quantitative estimate of drug-likeness (QED) is 0.412. The van der Waals surface area contributed by atoms with Crippen LogP contribution < -0.4 is 0 Å². The van der Waals surface area contributed by atoms with E-state index in [2.05, 4.69) is 40.2 Å². The van der Waals surface area contributed by atoms with Crippen molar-refractivity contribution in [1.29, 1.82) is 0 Å². The van der Waals surface area contributed by atoms with Gasteiger partial charge in [-0.2, -0.15) is 0 Å². The number of Topliss-reactive ketones (excluding diaryl/α,β-unsaturated/α-hetero) is 1. The van der Waals surface area contributed by atoms with Gasteiger partial charge in [-0.25, -0.2) is 0 Å². The van der Waals surface area contributed by atoms with Crippen molar-refractivity contribution >= 4 is 5.78 Å². The minimum Gasteiger partial charge on any atom is -0.289 e. The van der Waals surface area contributed by atoms with Gasteiger partial charge in [0.15, 0.2) is 5.78 Å². The summed E-state index contributed by atoms with van der Waals surface area (Å²) in [6, 6.07) is 0. The number of hydrogen-bond acceptors (Lipinski definition) is 1. The Morgan fingerprint density at radius 3 is 1.25 bits per heavy atom. The summed E-state index contributed by atoms with van der Waals surface area (Å²) in [5.41, 5.74) is 0.987. The van der Waals surface area contributed by atoms with Crippen LogP contribution in [-0.2, 0) is 4.79 Å². The van der Waals surface area contributed by atoms with Gasteiger partial charge in [-0.05, 0) is 0 Å². The van der Waals surface area contributed by atoms with E-state index < -0.39 is 0 Å². The maximum absolute atomic E-state index is 11.7. The second kappa shape index (κ2) is 19.4. The fourth-order valence-corrected chi connectivity index (χ4v) is 0.893. The van der Waals surface area contributed by atoms with E-state index >= 15 is 0 Å². The van der Waals surface area contributed by atoms with E-state index in [4.69, 9.17) is 0 Å². The number of ketones is 1. The Morgan fingerprint density at radius 1 is 0.800 bits per heavy atom. The minimum absolute atomic E-state index is 0.130. The van der Waals surface area contributed by atoms with Crippen molar-refractivity contribution in [2.24, 2.45) is 0 Å². The van der Waals surface area contributed by atoms with Crippen LogP contribution in [0.1, 0.15) is 40.5 Å². The third kappa shape index (κ3) is 12.6. The second-order valence-corrected chi connectivity index (χ2v) is 3.45. The molecule has 0 heterocycles. The molecule has 0 aliphatic heterocycles. The largest absolute Gasteiger partial charge is 0.289 e. The van der Waals surface area contributed by atoms with E-state index in [9.17, 15) is 4.79 Å². The van der Waals surface area contributed by atoms with Crippen LogP contribution in [0, 0.1) is 0 Å². The van der Waals surface area contributed by atoms with Gasteiger partial charge in [0.1, 0.15) is 0 Å². The SMILES string of the molecule is C=C/C=C(\C=C)C(=O)/C(C=C)=C/C=C.CC.CCCC. The van der Waals surface area contributed by atoms with Gasteiger partial charge >= 0.3 is 0 Å². The Morgan fingerprint density at radius 2 is 1.10 bits per heavy atom. The summed E-state index contributed by atoms with van der Waals surface area (Å²) in [6.07, 6.45) is 11.9. The number of allylic oxidation sites excluding steroid dienone is 8. The predicted molar refractivity (Wildman–Crippen MR) is 93.9 cm³/mol. The summed E-state index contributed by atoms with van der Waals surface area (Å²) in [6.45, 7) is 22.5. The maximum Gasteiger partial charge on any atom is 0.192 e. The lowest BCUT2D eigenvalue weighted by atomic mass is 10.0. The molecule has 0 amide bonds. The van der Waals surface area contributed by atoms with E-state index in [0.717, 1.165) is 0 Å². The Hall–Kier alpha value is -1.89. The van der Waals surface area contributed by atoms with E-state index in [1.165, 1.54) is 25.0 Å². The van der Waals surface area contributed by atoms with Crippen molar-refractivity contribution in [3.05, 3.63) is 73.9 Å². The Bertz CT molecular complexity index is 320. The number of hydrogen-bond donors (Lipinski definition) is 0. The molecule has 0 aromatic rings. The average molecular weight is 274 g/mol. The molecular formula is C19H30O. The standard InChI is InChI=1S/C13H14O.C4H10.C2H6/c1-5-9-11(7-3)13(14)12(8-4)10-6-2;1-3-4-2;1-2/h5-10H,1-4H2;3-4H2,1-2H3;1-2H3/b11-9+,12-10+;;. The number of rotatable bonds is 7. The summed E-state index contributed by atoms with van der Waals surface area (Å²) >= 11 is 0. The van der Waals surface area contributed by atoms with E-state index in [1.54, 1.807) is 24.3 Å². The molecule has 20 heavy (non-hydrogen) atoms. The van der Waals surface area contributed by atoms with Crippen LogP contribution in [0.3, 0.4) is 0 Å². The van der Waals surface area contributed by atoms with Crippen LogP contribution in [0.25, 0.3) is 0 Å². The summed E-state index contributed by atoms with van der Waals surface area (Å²) in [5, 5.41) is 0. The van der Waals surface area contributed by atoms with Crippen molar-refractivity contribution in [3.8, 4) is 0 Å². The van der Waals surface area contributed by atoms with Crippen molar-refractivity contribution in [1.82, 2.24) is 0 Å². The number of unbranched alkanes of at least 4 members (excludes halogenated alkanes) is 1. The van der Waals surface area contributed by atoms with Crippen molar-refractivity contribution in [2.45, 2.75) is 40.5 Å². The molecule has 0 radical (unpaired) electrons. The highest BCUT2D eigenvalue weighted by Gasteiger charge is 2.07. The molecule has 0 aromatic carbocycles. The fourth-order valence-electron chi connectivity index (χ4n) is 0.893. The Kier molecular flexibility index (Phi) is 22.6. The molecule has 0 bridgehead atoms. The highest BCUT2D eigenvalue weighted by Crippen LogP contribution is 2.08. The van der Waals surface area contributed by atoms with Gasteiger partial charge in [0.05, 0.1) is 0 Å². The molecule has 0 aromatic heterocycles. The molecule has 0 saturated carbocycles. The molecule has 0 unspecified atom stereocenters. The van der Waals surface area contributed by atoms with Crippen molar-refractivity contribution < 1.29 is 4.79 Å². The van der Waals surface area contributed by atoms with Gasteiger partial charge < -0.3 is 0 Å². The first-order valence-corrected chi connectivity index (χ1v) is 7.07. The molecule has 0 rings (SSSR count). The molecule has 0 fully saturated rings. The monoisotopic (exact) mass is 274 g/mol. The smallest absolute Gasteiger partial charge is 0.192 e. The average Bonchev–Trinajstić information content (AvgIpc) is 2.51. The van der Waals surface area contributed by atoms with Gasteiger partial charge in [0.2, 0.25) is 0 Å². The Balaban J connectivity index is -0.000000410. The van der Waals surface area contributed by atoms with Gasteiger partial charge in [0.25, 0.3) is 0 Å². The third-order valence-electron chi connectivity index (χ3n) is 2.06. The van der Waals surface area contributed by atoms with Crippen LogP contribution in [0.15, 0.2) is 73.9 Å². The second-order valence-electron chi connectivity index (χ2n) is 3.45. The van der Waals surface area contributed by atoms with Crippen LogP contribution in [-0.4, -0.2) is 5.78 Å². The van der Waals surface area contributed by atoms with E-state index in [0.29, 0.717) is 11.1 Å². The summed E-state index contributed by atoms with van der Waals surface area (Å²) < 4.78 is 0. The molecule has 0 spiro atoms. The molecular weight excluding hydrogens is 244 g/mol. The third-order valence-corrected chi connectivity index (χ3v) is 2.06. The highest BCUT2D eigenvalue weighted by molar-refractivity contribution is 6.12. The molecule has 1 nitrogen and oxygen atoms in total. The van der Waals surface area contributed by atoms with Gasteiger partial charge in [-0.15, -0.1) is 0 Å². The van der Waals surface area contributed by atoms with Crippen LogP contribution >= 0.6 is 0 Å². The lowest BCUT2D eigenvalue weighted by Crippen LogP contribution is -2.02. The highest BCUT2D eigenvalue weighted by atomic mass is 16.1. The molecule has 0 aliphatic rings. The molecule has 0 N–H and O–H groups in total. The first kappa shape index (κ1) is 23.2. The molecule has 0 atom stereocenters.